The average Bonchev–Trinajstić information content (AvgIpc) is 3.22. The van der Waals surface area contributed by atoms with Gasteiger partial charge in [-0.05, 0) is 32.4 Å². The summed E-state index contributed by atoms with van der Waals surface area (Å²) in [5.41, 5.74) is 1.92. The van der Waals surface area contributed by atoms with Crippen LogP contribution < -0.4 is 5.32 Å². The first-order chi connectivity index (χ1) is 13.1. The number of carbonyl (C=O) groups excluding carboxylic acids is 1. The lowest BCUT2D eigenvalue weighted by Crippen LogP contribution is -2.25. The number of aryl methyl sites for hydroxylation is 2. The molecule has 3 rings (SSSR count). The molecule has 0 fully saturated rings. The second kappa shape index (κ2) is 7.49. The van der Waals surface area contributed by atoms with Gasteiger partial charge in [-0.1, -0.05) is 29.8 Å². The highest BCUT2D eigenvalue weighted by Gasteiger charge is 2.35. The number of hydrogen-bond donors (Lipinski definition) is 1. The van der Waals surface area contributed by atoms with E-state index < -0.39 is 23.8 Å². The van der Waals surface area contributed by atoms with Gasteiger partial charge < -0.3 is 5.32 Å². The number of rotatable bonds is 5. The number of nitrogens with one attached hydrogen (secondary N) is 1. The van der Waals surface area contributed by atoms with E-state index in [0.29, 0.717) is 12.2 Å². The molecule has 0 aliphatic heterocycles. The smallest absolute Gasteiger partial charge is 0.322 e. The van der Waals surface area contributed by atoms with Crippen LogP contribution in [-0.4, -0.2) is 25.5 Å². The number of halogens is 3. The fourth-order valence-corrected chi connectivity index (χ4v) is 2.77. The number of amides is 1. The van der Waals surface area contributed by atoms with Gasteiger partial charge in [-0.15, -0.1) is 0 Å². The minimum Gasteiger partial charge on any atom is -0.322 e. The van der Waals surface area contributed by atoms with E-state index >= 15 is 0 Å². The van der Waals surface area contributed by atoms with Crippen LogP contribution in [0.15, 0.2) is 42.7 Å². The molecule has 0 saturated heterocycles. The quantitative estimate of drug-likeness (QED) is 0.716. The third-order valence-corrected chi connectivity index (χ3v) is 4.33. The van der Waals surface area contributed by atoms with Crippen molar-refractivity contribution in [1.29, 1.82) is 0 Å². The van der Waals surface area contributed by atoms with Gasteiger partial charge in [-0.3, -0.25) is 14.2 Å². The molecule has 0 aliphatic rings. The van der Waals surface area contributed by atoms with E-state index in [4.69, 9.17) is 0 Å². The van der Waals surface area contributed by atoms with Crippen molar-refractivity contribution in [2.75, 3.05) is 5.32 Å². The van der Waals surface area contributed by atoms with Gasteiger partial charge in [0.1, 0.15) is 6.04 Å². The maximum atomic E-state index is 12.8. The summed E-state index contributed by atoms with van der Waals surface area (Å²) >= 11 is 0. The van der Waals surface area contributed by atoms with E-state index in [1.165, 1.54) is 20.0 Å². The van der Waals surface area contributed by atoms with Gasteiger partial charge in [0.2, 0.25) is 5.91 Å². The fraction of sp³-hybridized carbons (Fsp3) is 0.316. The third kappa shape index (κ3) is 4.41. The predicted molar refractivity (Wildman–Crippen MR) is 97.8 cm³/mol. The predicted octanol–water partition coefficient (Wildman–Crippen LogP) is 3.96. The Hall–Kier alpha value is -3.10. The Balaban J connectivity index is 1.67. The monoisotopic (exact) mass is 391 g/mol. The van der Waals surface area contributed by atoms with Crippen molar-refractivity contribution in [3.63, 3.8) is 0 Å². The van der Waals surface area contributed by atoms with Gasteiger partial charge >= 0.3 is 6.18 Å². The largest absolute Gasteiger partial charge is 0.435 e. The van der Waals surface area contributed by atoms with E-state index in [2.05, 4.69) is 15.5 Å². The molecule has 0 aliphatic carbocycles. The zero-order valence-corrected chi connectivity index (χ0v) is 15.7. The lowest BCUT2D eigenvalue weighted by molar-refractivity contribution is -0.141. The number of carbonyl (C=O) groups is 1. The summed E-state index contributed by atoms with van der Waals surface area (Å²) in [5.74, 6) is -0.477. The summed E-state index contributed by atoms with van der Waals surface area (Å²) in [7, 11) is 0. The summed E-state index contributed by atoms with van der Waals surface area (Å²) < 4.78 is 41.2. The topological polar surface area (TPSA) is 64.7 Å². The molecule has 28 heavy (non-hydrogen) atoms. The molecule has 0 bridgehead atoms. The van der Waals surface area contributed by atoms with Crippen LogP contribution in [0.5, 0.6) is 0 Å². The summed E-state index contributed by atoms with van der Waals surface area (Å²) in [4.78, 5) is 12.4. The van der Waals surface area contributed by atoms with Crippen molar-refractivity contribution >= 4 is 11.6 Å². The van der Waals surface area contributed by atoms with Crippen molar-refractivity contribution in [3.8, 4) is 0 Å². The Bertz CT molecular complexity index is 972. The molecule has 6 nitrogen and oxygen atoms in total. The van der Waals surface area contributed by atoms with Crippen molar-refractivity contribution in [3.05, 3.63) is 65.2 Å². The number of hydrogen-bond acceptors (Lipinski definition) is 3. The summed E-state index contributed by atoms with van der Waals surface area (Å²) in [5, 5.41) is 10.4. The fourth-order valence-electron chi connectivity index (χ4n) is 2.77. The number of anilines is 1. The van der Waals surface area contributed by atoms with Crippen LogP contribution in [0.3, 0.4) is 0 Å². The molecule has 0 spiro atoms. The summed E-state index contributed by atoms with van der Waals surface area (Å²) in [6.07, 6.45) is -1.39. The molecule has 2 heterocycles. The van der Waals surface area contributed by atoms with Crippen LogP contribution in [-0.2, 0) is 17.5 Å². The average molecular weight is 391 g/mol. The normalized spacial score (nSPS) is 12.8. The number of alkyl halides is 3. The molecule has 1 N–H and O–H groups in total. The summed E-state index contributed by atoms with van der Waals surface area (Å²) in [6, 6.07) is 8.02. The van der Waals surface area contributed by atoms with Crippen LogP contribution >= 0.6 is 0 Å². The molecule has 2 aromatic heterocycles. The lowest BCUT2D eigenvalue weighted by atomic mass is 10.1. The molecule has 0 saturated carbocycles. The van der Waals surface area contributed by atoms with E-state index in [1.54, 1.807) is 10.9 Å². The Morgan fingerprint density at radius 2 is 1.89 bits per heavy atom. The molecular weight excluding hydrogens is 371 g/mol. The van der Waals surface area contributed by atoms with Crippen molar-refractivity contribution < 1.29 is 18.0 Å². The van der Waals surface area contributed by atoms with Crippen LogP contribution in [0.2, 0.25) is 0 Å². The van der Waals surface area contributed by atoms with Crippen molar-refractivity contribution in [2.45, 2.75) is 39.5 Å². The van der Waals surface area contributed by atoms with Gasteiger partial charge in [0, 0.05) is 11.9 Å². The Morgan fingerprint density at radius 1 is 1.21 bits per heavy atom. The zero-order valence-electron chi connectivity index (χ0n) is 15.7. The molecule has 3 aromatic rings. The van der Waals surface area contributed by atoms with Crippen LogP contribution in [0, 0.1) is 13.8 Å². The highest BCUT2D eigenvalue weighted by Crippen LogP contribution is 2.29. The molecule has 0 radical (unpaired) electrons. The highest BCUT2D eigenvalue weighted by atomic mass is 19.4. The van der Waals surface area contributed by atoms with Gasteiger partial charge in [0.25, 0.3) is 0 Å². The maximum Gasteiger partial charge on any atom is 0.435 e. The van der Waals surface area contributed by atoms with Gasteiger partial charge in [-0.25, -0.2) is 0 Å². The minimum absolute atomic E-state index is 0.255. The molecular formula is C19H20F3N5O. The first kappa shape index (κ1) is 19.7. The number of aromatic nitrogens is 4. The standard InChI is InChI=1S/C19H20F3N5O/c1-12-4-6-15(7-5-12)10-26-11-16(9-23-26)24-18(28)14(3)27-13(2)8-17(25-27)19(20,21)22/h4-9,11,14H,10H2,1-3H3,(H,24,28). The van der Waals surface area contributed by atoms with E-state index in [0.717, 1.165) is 21.9 Å². The first-order valence-corrected chi connectivity index (χ1v) is 8.65. The van der Waals surface area contributed by atoms with E-state index in [-0.39, 0.29) is 5.69 Å². The summed E-state index contributed by atoms with van der Waals surface area (Å²) in [6.45, 7) is 5.52. The molecule has 1 aromatic carbocycles. The van der Waals surface area contributed by atoms with Gasteiger partial charge in [-0.2, -0.15) is 23.4 Å². The Morgan fingerprint density at radius 3 is 2.50 bits per heavy atom. The molecule has 1 atom stereocenters. The van der Waals surface area contributed by atoms with Crippen molar-refractivity contribution in [1.82, 2.24) is 19.6 Å². The Kier molecular flexibility index (Phi) is 5.26. The van der Waals surface area contributed by atoms with Crippen molar-refractivity contribution in [2.24, 2.45) is 0 Å². The number of nitrogens with zero attached hydrogens (tertiary/aromatic N) is 4. The second-order valence-electron chi connectivity index (χ2n) is 6.69. The SMILES string of the molecule is Cc1ccc(Cn2cc(NC(=O)C(C)n3nc(C(F)(F)F)cc3C)cn2)cc1. The number of benzene rings is 1. The minimum atomic E-state index is -4.55. The highest BCUT2D eigenvalue weighted by molar-refractivity contribution is 5.93. The third-order valence-electron chi connectivity index (χ3n) is 4.33. The molecule has 1 amide bonds. The van der Waals surface area contributed by atoms with E-state index in [1.807, 2.05) is 31.2 Å². The molecule has 1 unspecified atom stereocenters. The van der Waals surface area contributed by atoms with E-state index in [9.17, 15) is 18.0 Å². The van der Waals surface area contributed by atoms with Crippen LogP contribution in [0.25, 0.3) is 0 Å². The first-order valence-electron chi connectivity index (χ1n) is 8.65. The maximum absolute atomic E-state index is 12.8. The van der Waals surface area contributed by atoms with Gasteiger partial charge in [0.15, 0.2) is 5.69 Å². The Labute approximate surface area is 160 Å². The lowest BCUT2D eigenvalue weighted by Gasteiger charge is -2.13. The van der Waals surface area contributed by atoms with Gasteiger partial charge in [0.05, 0.1) is 18.4 Å². The van der Waals surface area contributed by atoms with Crippen LogP contribution in [0.4, 0.5) is 18.9 Å². The molecule has 148 valence electrons. The van der Waals surface area contributed by atoms with Crippen LogP contribution in [0.1, 0.15) is 35.5 Å². The molecule has 9 heteroatoms. The zero-order chi connectivity index (χ0) is 20.5. The second-order valence-corrected chi connectivity index (χ2v) is 6.69.